The lowest BCUT2D eigenvalue weighted by Gasteiger charge is -2.26. The first kappa shape index (κ1) is 18.5. The number of hydrogen-bond donors (Lipinski definition) is 0. The SMILES string of the molecule is CN1C[C@H]2CCN(c3ccc(C#N)cc3)[C@H]2C1.N#Cc1ccc(Br)cc1. The summed E-state index contributed by atoms with van der Waals surface area (Å²) in [5.74, 6) is 0.829. The third-order valence-electron chi connectivity index (χ3n) is 5.03. The molecule has 0 N–H and O–H groups in total. The molecular formula is C21H21BrN4. The Hall–Kier alpha value is -2.34. The van der Waals surface area contributed by atoms with E-state index in [2.05, 4.69) is 51.0 Å². The smallest absolute Gasteiger partial charge is 0.0991 e. The van der Waals surface area contributed by atoms with E-state index < -0.39 is 0 Å². The minimum atomic E-state index is 0.674. The lowest BCUT2D eigenvalue weighted by molar-refractivity contribution is 0.386. The van der Waals surface area contributed by atoms with Crippen molar-refractivity contribution >= 4 is 21.6 Å². The number of anilines is 1. The van der Waals surface area contributed by atoms with Crippen molar-refractivity contribution < 1.29 is 0 Å². The summed E-state index contributed by atoms with van der Waals surface area (Å²) in [4.78, 5) is 4.93. The van der Waals surface area contributed by atoms with Crippen LogP contribution in [0.4, 0.5) is 5.69 Å². The molecule has 26 heavy (non-hydrogen) atoms. The molecule has 2 aliphatic rings. The van der Waals surface area contributed by atoms with Gasteiger partial charge in [-0.15, -0.1) is 0 Å². The van der Waals surface area contributed by atoms with E-state index in [0.29, 0.717) is 11.6 Å². The molecule has 4 rings (SSSR count). The molecule has 2 aliphatic heterocycles. The number of likely N-dealkylation sites (N-methyl/N-ethyl adjacent to an activating group) is 1. The summed E-state index contributed by atoms with van der Waals surface area (Å²) in [5.41, 5.74) is 2.71. The Kier molecular flexibility index (Phi) is 5.93. The van der Waals surface area contributed by atoms with Gasteiger partial charge in [-0.25, -0.2) is 0 Å². The Balaban J connectivity index is 0.000000185. The Morgan fingerprint density at radius 3 is 2.08 bits per heavy atom. The number of nitriles is 2. The van der Waals surface area contributed by atoms with Crippen LogP contribution >= 0.6 is 15.9 Å². The largest absolute Gasteiger partial charge is 0.367 e. The summed E-state index contributed by atoms with van der Waals surface area (Å²) < 4.78 is 1.00. The Bertz CT molecular complexity index is 817. The molecule has 2 fully saturated rings. The van der Waals surface area contributed by atoms with Crippen LogP contribution < -0.4 is 4.90 Å². The van der Waals surface area contributed by atoms with Crippen LogP contribution in [0.5, 0.6) is 0 Å². The number of nitrogens with zero attached hydrogens (tertiary/aromatic N) is 4. The van der Waals surface area contributed by atoms with Gasteiger partial charge in [0.05, 0.1) is 23.3 Å². The van der Waals surface area contributed by atoms with Crippen LogP contribution in [0.2, 0.25) is 0 Å². The van der Waals surface area contributed by atoms with E-state index in [1.165, 1.54) is 25.2 Å². The lowest BCUT2D eigenvalue weighted by atomic mass is 10.0. The van der Waals surface area contributed by atoms with Gasteiger partial charge >= 0.3 is 0 Å². The van der Waals surface area contributed by atoms with E-state index in [1.807, 2.05) is 30.3 Å². The maximum absolute atomic E-state index is 8.81. The van der Waals surface area contributed by atoms with Gasteiger partial charge < -0.3 is 9.80 Å². The Morgan fingerprint density at radius 1 is 0.923 bits per heavy atom. The van der Waals surface area contributed by atoms with E-state index in [4.69, 9.17) is 10.5 Å². The van der Waals surface area contributed by atoms with Crippen LogP contribution in [0.25, 0.3) is 0 Å². The molecule has 0 bridgehead atoms. The molecule has 0 unspecified atom stereocenters. The Morgan fingerprint density at radius 2 is 1.50 bits per heavy atom. The second-order valence-corrected chi connectivity index (χ2v) is 7.72. The highest BCUT2D eigenvalue weighted by molar-refractivity contribution is 9.10. The lowest BCUT2D eigenvalue weighted by Crippen LogP contribution is -2.34. The van der Waals surface area contributed by atoms with Crippen LogP contribution in [0.1, 0.15) is 17.5 Å². The molecule has 2 heterocycles. The number of benzene rings is 2. The zero-order valence-electron chi connectivity index (χ0n) is 14.8. The number of hydrogen-bond acceptors (Lipinski definition) is 4. The summed E-state index contributed by atoms with van der Waals surface area (Å²) in [6.07, 6.45) is 1.30. The first-order valence-electron chi connectivity index (χ1n) is 8.71. The maximum Gasteiger partial charge on any atom is 0.0991 e. The van der Waals surface area contributed by atoms with Crippen LogP contribution in [0, 0.1) is 28.6 Å². The van der Waals surface area contributed by atoms with E-state index in [1.54, 1.807) is 12.1 Å². The molecule has 5 heteroatoms. The van der Waals surface area contributed by atoms with E-state index in [9.17, 15) is 0 Å². The van der Waals surface area contributed by atoms with Crippen LogP contribution in [-0.2, 0) is 0 Å². The molecule has 0 saturated carbocycles. The standard InChI is InChI=1S/C14H17N3.C7H4BrN/c1-16-9-12-6-7-17(14(12)10-16)13-4-2-11(8-15)3-5-13;8-7-3-1-6(5-9)2-4-7/h2-5,12,14H,6-7,9-10H2,1H3;1-4H/t12-,14+;/m1./s1. The topological polar surface area (TPSA) is 54.1 Å². The summed E-state index contributed by atoms with van der Waals surface area (Å²) in [5, 5.41) is 17.2. The molecule has 2 atom stereocenters. The molecular weight excluding hydrogens is 388 g/mol. The molecule has 0 amide bonds. The third kappa shape index (κ3) is 4.25. The summed E-state index contributed by atoms with van der Waals surface area (Å²) >= 11 is 3.27. The minimum absolute atomic E-state index is 0.674. The molecule has 4 nitrogen and oxygen atoms in total. The molecule has 2 aromatic carbocycles. The summed E-state index contributed by atoms with van der Waals surface area (Å²) in [7, 11) is 2.20. The number of rotatable bonds is 1. The fraction of sp³-hybridized carbons (Fsp3) is 0.333. The fourth-order valence-corrected chi connectivity index (χ4v) is 4.01. The average Bonchev–Trinajstić information content (AvgIpc) is 3.22. The van der Waals surface area contributed by atoms with Gasteiger partial charge in [0.2, 0.25) is 0 Å². The van der Waals surface area contributed by atoms with Crippen molar-refractivity contribution in [1.29, 1.82) is 10.5 Å². The van der Waals surface area contributed by atoms with Crippen LogP contribution in [-0.4, -0.2) is 37.6 Å². The van der Waals surface area contributed by atoms with E-state index >= 15 is 0 Å². The van der Waals surface area contributed by atoms with E-state index in [0.717, 1.165) is 22.5 Å². The molecule has 0 aromatic heterocycles. The van der Waals surface area contributed by atoms with Crippen LogP contribution in [0.3, 0.4) is 0 Å². The average molecular weight is 409 g/mol. The van der Waals surface area contributed by atoms with Gasteiger partial charge in [0, 0.05) is 35.8 Å². The predicted octanol–water partition coefficient (Wildman–Crippen LogP) is 4.02. The van der Waals surface area contributed by atoms with Crippen molar-refractivity contribution in [2.45, 2.75) is 12.5 Å². The maximum atomic E-state index is 8.81. The van der Waals surface area contributed by atoms with Crippen molar-refractivity contribution in [3.8, 4) is 12.1 Å². The predicted molar refractivity (Wildman–Crippen MR) is 107 cm³/mol. The minimum Gasteiger partial charge on any atom is -0.367 e. The van der Waals surface area contributed by atoms with Gasteiger partial charge in [-0.3, -0.25) is 0 Å². The second-order valence-electron chi connectivity index (χ2n) is 6.81. The molecule has 0 aliphatic carbocycles. The van der Waals surface area contributed by atoms with Gasteiger partial charge in [0.25, 0.3) is 0 Å². The number of fused-ring (bicyclic) bond motifs is 1. The van der Waals surface area contributed by atoms with Gasteiger partial charge in [-0.05, 0) is 67.9 Å². The molecule has 132 valence electrons. The zero-order chi connectivity index (χ0) is 18.5. The van der Waals surface area contributed by atoms with Crippen LogP contribution in [0.15, 0.2) is 53.0 Å². The first-order valence-corrected chi connectivity index (χ1v) is 9.51. The van der Waals surface area contributed by atoms with Gasteiger partial charge in [-0.2, -0.15) is 10.5 Å². The van der Waals surface area contributed by atoms with Crippen molar-refractivity contribution in [3.05, 3.63) is 64.1 Å². The molecule has 0 radical (unpaired) electrons. The summed E-state index contributed by atoms with van der Waals surface area (Å²) in [6.45, 7) is 3.57. The van der Waals surface area contributed by atoms with Gasteiger partial charge in [-0.1, -0.05) is 15.9 Å². The highest BCUT2D eigenvalue weighted by atomic mass is 79.9. The third-order valence-corrected chi connectivity index (χ3v) is 5.56. The highest BCUT2D eigenvalue weighted by Crippen LogP contribution is 2.34. The monoisotopic (exact) mass is 408 g/mol. The van der Waals surface area contributed by atoms with Crippen molar-refractivity contribution in [3.63, 3.8) is 0 Å². The van der Waals surface area contributed by atoms with Gasteiger partial charge in [0.1, 0.15) is 0 Å². The quantitative estimate of drug-likeness (QED) is 0.714. The fourth-order valence-electron chi connectivity index (χ4n) is 3.74. The molecule has 2 aromatic rings. The first-order chi connectivity index (χ1) is 12.6. The Labute approximate surface area is 163 Å². The van der Waals surface area contributed by atoms with Crippen molar-refractivity contribution in [1.82, 2.24) is 4.90 Å². The van der Waals surface area contributed by atoms with Gasteiger partial charge in [0.15, 0.2) is 0 Å². The van der Waals surface area contributed by atoms with Crippen molar-refractivity contribution in [2.24, 2.45) is 5.92 Å². The zero-order valence-corrected chi connectivity index (χ0v) is 16.4. The van der Waals surface area contributed by atoms with E-state index in [-0.39, 0.29) is 0 Å². The van der Waals surface area contributed by atoms with Crippen molar-refractivity contribution in [2.75, 3.05) is 31.6 Å². The summed E-state index contributed by atoms with van der Waals surface area (Å²) in [6, 6.07) is 20.1. The normalized spacial score (nSPS) is 21.3. The number of halogens is 1. The molecule has 2 saturated heterocycles. The highest BCUT2D eigenvalue weighted by Gasteiger charge is 2.39. The second kappa shape index (κ2) is 8.36. The molecule has 0 spiro atoms. The number of likely N-dealkylation sites (tertiary alicyclic amines) is 1.